The van der Waals surface area contributed by atoms with Gasteiger partial charge in [-0.05, 0) is 6.42 Å². The van der Waals surface area contributed by atoms with Crippen LogP contribution in [0.5, 0.6) is 0 Å². The summed E-state index contributed by atoms with van der Waals surface area (Å²) in [7, 11) is 1.30. The highest BCUT2D eigenvalue weighted by molar-refractivity contribution is 14.2. The summed E-state index contributed by atoms with van der Waals surface area (Å²) >= 11 is 2.06. The molecule has 5 heteroatoms. The monoisotopic (exact) mass is 276 g/mol. The topological polar surface area (TPSA) is 38.7 Å². The molecule has 2 unspecified atom stereocenters. The van der Waals surface area contributed by atoms with Crippen LogP contribution >= 0.6 is 30.4 Å². The van der Waals surface area contributed by atoms with Crippen LogP contribution in [-0.4, -0.2) is 24.1 Å². The van der Waals surface area contributed by atoms with E-state index in [4.69, 9.17) is 14.0 Å². The fourth-order valence-corrected chi connectivity index (χ4v) is 1.55. The highest BCUT2D eigenvalue weighted by atomic mass is 127. The van der Waals surface area contributed by atoms with Gasteiger partial charge in [0.2, 0.25) is 0 Å². The van der Waals surface area contributed by atoms with E-state index in [1.54, 1.807) is 0 Å². The highest BCUT2D eigenvalue weighted by Gasteiger charge is 2.22. The first-order valence-corrected chi connectivity index (χ1v) is 6.35. The van der Waals surface area contributed by atoms with Crippen molar-refractivity contribution in [3.05, 3.63) is 0 Å². The molecule has 3 nitrogen and oxygen atoms in total. The molecule has 0 amide bonds. The SMILES string of the molecule is OC1CCC(COSI)O1. The van der Waals surface area contributed by atoms with Crippen LogP contribution in [0, 0.1) is 0 Å². The summed E-state index contributed by atoms with van der Waals surface area (Å²) in [4.78, 5) is 0. The Morgan fingerprint density at radius 3 is 3.00 bits per heavy atom. The van der Waals surface area contributed by atoms with E-state index < -0.39 is 6.29 Å². The van der Waals surface area contributed by atoms with Crippen LogP contribution in [0.3, 0.4) is 0 Å². The van der Waals surface area contributed by atoms with Gasteiger partial charge in [0.15, 0.2) is 6.29 Å². The lowest BCUT2D eigenvalue weighted by atomic mass is 10.2. The molecular formula is C5H9IO3S. The molecule has 0 bridgehead atoms. The number of halogens is 1. The lowest BCUT2D eigenvalue weighted by molar-refractivity contribution is -0.0971. The van der Waals surface area contributed by atoms with Crippen molar-refractivity contribution in [1.29, 1.82) is 0 Å². The lowest BCUT2D eigenvalue weighted by Gasteiger charge is -2.07. The fourth-order valence-electron chi connectivity index (χ4n) is 0.911. The summed E-state index contributed by atoms with van der Waals surface area (Å²) in [6.45, 7) is 0.574. The molecule has 1 N–H and O–H groups in total. The van der Waals surface area contributed by atoms with E-state index in [1.165, 1.54) is 9.21 Å². The number of rotatable bonds is 3. The molecule has 1 aliphatic rings. The van der Waals surface area contributed by atoms with Crippen molar-refractivity contribution in [2.45, 2.75) is 25.2 Å². The van der Waals surface area contributed by atoms with Crippen molar-refractivity contribution < 1.29 is 14.0 Å². The zero-order valence-corrected chi connectivity index (χ0v) is 8.30. The van der Waals surface area contributed by atoms with E-state index in [1.807, 2.05) is 0 Å². The largest absolute Gasteiger partial charge is 0.368 e. The van der Waals surface area contributed by atoms with Crippen LogP contribution in [0.4, 0.5) is 0 Å². The lowest BCUT2D eigenvalue weighted by Crippen LogP contribution is -2.14. The van der Waals surface area contributed by atoms with Gasteiger partial charge in [-0.3, -0.25) is 0 Å². The number of aliphatic hydroxyl groups excluding tert-OH is 1. The van der Waals surface area contributed by atoms with Crippen molar-refractivity contribution in [2.24, 2.45) is 0 Å². The first kappa shape index (κ1) is 9.05. The Morgan fingerprint density at radius 1 is 1.70 bits per heavy atom. The maximum atomic E-state index is 8.91. The second-order valence-corrected chi connectivity index (χ2v) is 3.58. The van der Waals surface area contributed by atoms with Crippen LogP contribution < -0.4 is 0 Å². The van der Waals surface area contributed by atoms with Crippen LogP contribution in [0.25, 0.3) is 0 Å². The predicted octanol–water partition coefficient (Wildman–Crippen LogP) is 1.50. The predicted molar refractivity (Wildman–Crippen MR) is 47.7 cm³/mol. The van der Waals surface area contributed by atoms with Gasteiger partial charge in [-0.2, -0.15) is 0 Å². The maximum Gasteiger partial charge on any atom is 0.155 e. The Morgan fingerprint density at radius 2 is 2.50 bits per heavy atom. The van der Waals surface area contributed by atoms with E-state index >= 15 is 0 Å². The molecule has 0 spiro atoms. The zero-order valence-electron chi connectivity index (χ0n) is 5.33. The summed E-state index contributed by atoms with van der Waals surface area (Å²) in [6, 6.07) is 0. The van der Waals surface area contributed by atoms with Gasteiger partial charge in [0.1, 0.15) is 0 Å². The molecule has 2 atom stereocenters. The molecule has 1 saturated heterocycles. The Labute approximate surface area is 76.3 Å². The Bertz CT molecular complexity index is 103. The van der Waals surface area contributed by atoms with Gasteiger partial charge in [0, 0.05) is 27.6 Å². The number of ether oxygens (including phenoxy) is 1. The summed E-state index contributed by atoms with van der Waals surface area (Å²) in [5.41, 5.74) is 0. The van der Waals surface area contributed by atoms with Crippen molar-refractivity contribution in [3.8, 4) is 0 Å². The third-order valence-corrected chi connectivity index (χ3v) is 2.37. The molecule has 60 valence electrons. The Kier molecular flexibility index (Phi) is 4.31. The molecule has 0 aromatic rings. The molecule has 0 aliphatic carbocycles. The Balaban J connectivity index is 2.06. The van der Waals surface area contributed by atoms with Gasteiger partial charge in [0.05, 0.1) is 21.9 Å². The number of hydrogen-bond acceptors (Lipinski definition) is 4. The third-order valence-electron chi connectivity index (χ3n) is 1.38. The van der Waals surface area contributed by atoms with Crippen LogP contribution in [0.1, 0.15) is 12.8 Å². The van der Waals surface area contributed by atoms with Gasteiger partial charge in [-0.15, -0.1) is 0 Å². The van der Waals surface area contributed by atoms with E-state index in [2.05, 4.69) is 21.2 Å². The smallest absolute Gasteiger partial charge is 0.155 e. The molecule has 0 aromatic heterocycles. The van der Waals surface area contributed by atoms with Gasteiger partial charge in [-0.1, -0.05) is 0 Å². The van der Waals surface area contributed by atoms with E-state index in [0.29, 0.717) is 6.61 Å². The van der Waals surface area contributed by atoms with E-state index in [0.717, 1.165) is 12.8 Å². The van der Waals surface area contributed by atoms with E-state index in [-0.39, 0.29) is 6.10 Å². The van der Waals surface area contributed by atoms with Crippen molar-refractivity contribution in [2.75, 3.05) is 6.61 Å². The molecule has 0 radical (unpaired) electrons. The van der Waals surface area contributed by atoms with Gasteiger partial charge < -0.3 is 14.0 Å². The van der Waals surface area contributed by atoms with Crippen molar-refractivity contribution in [1.82, 2.24) is 0 Å². The minimum Gasteiger partial charge on any atom is -0.368 e. The molecule has 1 heterocycles. The average molecular weight is 276 g/mol. The number of aliphatic hydroxyl groups is 1. The highest BCUT2D eigenvalue weighted by Crippen LogP contribution is 2.21. The summed E-state index contributed by atoms with van der Waals surface area (Å²) in [5, 5.41) is 8.91. The van der Waals surface area contributed by atoms with Gasteiger partial charge in [0.25, 0.3) is 0 Å². The number of hydrogen-bond donors (Lipinski definition) is 1. The third kappa shape index (κ3) is 2.91. The first-order chi connectivity index (χ1) is 4.83. The van der Waals surface area contributed by atoms with Crippen LogP contribution in [0.2, 0.25) is 0 Å². The standard InChI is InChI=1S/C5H9IO3S/c6-10-8-3-4-1-2-5(7)9-4/h4-5,7H,1-3H2. The summed E-state index contributed by atoms with van der Waals surface area (Å²) < 4.78 is 10.1. The molecule has 10 heavy (non-hydrogen) atoms. The molecule has 1 aliphatic heterocycles. The van der Waals surface area contributed by atoms with Gasteiger partial charge >= 0.3 is 0 Å². The molecular weight excluding hydrogens is 267 g/mol. The zero-order chi connectivity index (χ0) is 7.40. The first-order valence-electron chi connectivity index (χ1n) is 3.06. The molecule has 1 fully saturated rings. The van der Waals surface area contributed by atoms with Crippen molar-refractivity contribution in [3.63, 3.8) is 0 Å². The molecule has 0 saturated carbocycles. The minimum atomic E-state index is -0.562. The van der Waals surface area contributed by atoms with Crippen molar-refractivity contribution >= 4 is 30.4 Å². The van der Waals surface area contributed by atoms with Crippen LogP contribution in [-0.2, 0) is 8.92 Å². The molecule has 1 rings (SSSR count). The normalized spacial score (nSPS) is 33.0. The van der Waals surface area contributed by atoms with E-state index in [9.17, 15) is 0 Å². The average Bonchev–Trinajstić information content (AvgIpc) is 2.31. The quantitative estimate of drug-likeness (QED) is 0.626. The maximum absolute atomic E-state index is 8.91. The van der Waals surface area contributed by atoms with Gasteiger partial charge in [-0.25, -0.2) is 0 Å². The minimum absolute atomic E-state index is 0.0947. The molecule has 0 aromatic carbocycles. The second-order valence-electron chi connectivity index (χ2n) is 2.14. The fraction of sp³-hybridized carbons (Fsp3) is 1.00. The van der Waals surface area contributed by atoms with Crippen LogP contribution in [0.15, 0.2) is 0 Å². The second kappa shape index (κ2) is 4.76. The summed E-state index contributed by atoms with van der Waals surface area (Å²) in [6.07, 6.45) is 1.17. The Hall–Kier alpha value is 0.960. The summed E-state index contributed by atoms with van der Waals surface area (Å²) in [5.74, 6) is 0.